The van der Waals surface area contributed by atoms with E-state index in [4.69, 9.17) is 23.7 Å². The minimum atomic E-state index is -1.08. The van der Waals surface area contributed by atoms with Gasteiger partial charge in [0.1, 0.15) is 18.3 Å². The lowest BCUT2D eigenvalue weighted by atomic mass is 9.90. The van der Waals surface area contributed by atoms with Gasteiger partial charge in [0.25, 0.3) is 0 Å². The van der Waals surface area contributed by atoms with Crippen LogP contribution in [0.2, 0.25) is 0 Å². The predicted octanol–water partition coefficient (Wildman–Crippen LogP) is 10.1. The Morgan fingerprint density at radius 3 is 1.70 bits per heavy atom. The molecule has 0 saturated carbocycles. The molecular formula is C47H67NO8. The zero-order valence-corrected chi connectivity index (χ0v) is 34.1. The molecule has 1 amide bonds. The molecule has 3 aromatic carbocycles. The van der Waals surface area contributed by atoms with Gasteiger partial charge in [-0.3, -0.25) is 4.90 Å². The minimum absolute atomic E-state index is 0.236. The summed E-state index contributed by atoms with van der Waals surface area (Å²) in [5.74, 6) is -0.491. The van der Waals surface area contributed by atoms with Crippen molar-refractivity contribution < 1.29 is 38.7 Å². The highest BCUT2D eigenvalue weighted by molar-refractivity contribution is 5.66. The summed E-state index contributed by atoms with van der Waals surface area (Å²) in [7, 11) is 0. The Kier molecular flexibility index (Phi) is 19.6. The van der Waals surface area contributed by atoms with Crippen molar-refractivity contribution >= 4 is 6.09 Å². The molecule has 3 aromatic rings. The molecule has 0 unspecified atom stereocenters. The van der Waals surface area contributed by atoms with Crippen LogP contribution in [0.3, 0.4) is 0 Å². The van der Waals surface area contributed by atoms with Crippen LogP contribution in [-0.2, 0) is 43.5 Å². The molecule has 9 nitrogen and oxygen atoms in total. The fraction of sp³-hybridized carbons (Fsp3) is 0.553. The molecule has 0 aromatic heterocycles. The topological polar surface area (TPSA) is 107 Å². The summed E-state index contributed by atoms with van der Waals surface area (Å²) in [5, 5.41) is 22.0. The first-order valence-corrected chi connectivity index (χ1v) is 20.7. The number of aliphatic hydroxyl groups excluding tert-OH is 1. The van der Waals surface area contributed by atoms with E-state index >= 15 is 0 Å². The number of carbonyl (C=O) groups is 1. The lowest BCUT2D eigenvalue weighted by Gasteiger charge is -2.45. The van der Waals surface area contributed by atoms with E-state index in [1.165, 1.54) is 16.5 Å². The number of ether oxygens (including phenoxy) is 5. The van der Waals surface area contributed by atoms with Crippen molar-refractivity contribution in [2.45, 2.75) is 147 Å². The van der Waals surface area contributed by atoms with Gasteiger partial charge in [0.05, 0.1) is 39.1 Å². The molecule has 1 heterocycles. The molecule has 0 radical (unpaired) electrons. The molecule has 0 aliphatic carbocycles. The van der Waals surface area contributed by atoms with Gasteiger partial charge in [0, 0.05) is 25.0 Å². The second-order valence-electron chi connectivity index (χ2n) is 15.9. The Labute approximate surface area is 336 Å². The van der Waals surface area contributed by atoms with Crippen molar-refractivity contribution in [2.24, 2.45) is 0 Å². The average molecular weight is 774 g/mol. The van der Waals surface area contributed by atoms with Crippen LogP contribution in [0.1, 0.15) is 108 Å². The molecule has 2 N–H and O–H groups in total. The summed E-state index contributed by atoms with van der Waals surface area (Å²) in [6.45, 7) is 12.6. The zero-order chi connectivity index (χ0) is 40.1. The van der Waals surface area contributed by atoms with Crippen LogP contribution >= 0.6 is 0 Å². The second kappa shape index (κ2) is 24.3. The van der Waals surface area contributed by atoms with Crippen molar-refractivity contribution in [3.8, 4) is 0 Å². The van der Waals surface area contributed by atoms with E-state index < -0.39 is 41.8 Å². The Morgan fingerprint density at radius 1 is 0.732 bits per heavy atom. The highest BCUT2D eigenvalue weighted by Crippen LogP contribution is 2.32. The van der Waals surface area contributed by atoms with Gasteiger partial charge >= 0.3 is 6.09 Å². The van der Waals surface area contributed by atoms with Gasteiger partial charge in [-0.1, -0.05) is 136 Å². The van der Waals surface area contributed by atoms with Gasteiger partial charge in [-0.15, -0.1) is 6.58 Å². The van der Waals surface area contributed by atoms with Gasteiger partial charge in [0.15, 0.2) is 5.79 Å². The van der Waals surface area contributed by atoms with Crippen molar-refractivity contribution in [3.05, 3.63) is 120 Å². The fourth-order valence-corrected chi connectivity index (χ4v) is 7.60. The number of benzene rings is 3. The molecular weight excluding hydrogens is 707 g/mol. The Balaban J connectivity index is 1.31. The van der Waals surface area contributed by atoms with Gasteiger partial charge in [0.2, 0.25) is 0 Å². The van der Waals surface area contributed by atoms with Crippen LogP contribution in [0.25, 0.3) is 0 Å². The van der Waals surface area contributed by atoms with Gasteiger partial charge in [-0.05, 0) is 56.7 Å². The van der Waals surface area contributed by atoms with Gasteiger partial charge in [-0.25, -0.2) is 4.79 Å². The zero-order valence-electron chi connectivity index (χ0n) is 34.1. The number of carboxylic acid groups (broad SMARTS) is 1. The van der Waals surface area contributed by atoms with Gasteiger partial charge in [-0.2, -0.15) is 0 Å². The molecule has 1 fully saturated rings. The number of hydrogen-bond donors (Lipinski definition) is 2. The Hall–Kier alpha value is -3.57. The van der Waals surface area contributed by atoms with Crippen LogP contribution in [0.4, 0.5) is 4.79 Å². The number of aliphatic hydroxyl groups is 1. The van der Waals surface area contributed by atoms with Crippen LogP contribution < -0.4 is 0 Å². The summed E-state index contributed by atoms with van der Waals surface area (Å²) < 4.78 is 31.2. The highest BCUT2D eigenvalue weighted by Gasteiger charge is 2.43. The third-order valence-corrected chi connectivity index (χ3v) is 10.4. The highest BCUT2D eigenvalue weighted by atomic mass is 16.7. The minimum Gasteiger partial charge on any atom is -0.465 e. The summed E-state index contributed by atoms with van der Waals surface area (Å²) in [6.07, 6.45) is 8.06. The fourth-order valence-electron chi connectivity index (χ4n) is 7.60. The van der Waals surface area contributed by atoms with E-state index in [0.29, 0.717) is 32.8 Å². The van der Waals surface area contributed by atoms with Crippen molar-refractivity contribution in [1.29, 1.82) is 0 Å². The number of unbranched alkanes of at least 4 members (excludes halogenated alkanes) is 6. The predicted molar refractivity (Wildman–Crippen MR) is 221 cm³/mol. The van der Waals surface area contributed by atoms with Crippen LogP contribution in [0, 0.1) is 0 Å². The molecule has 4 rings (SSSR count). The molecule has 0 spiro atoms. The van der Waals surface area contributed by atoms with Crippen LogP contribution in [0.5, 0.6) is 0 Å². The Bertz CT molecular complexity index is 1490. The molecule has 1 saturated heterocycles. The van der Waals surface area contributed by atoms with E-state index in [2.05, 4.69) is 18.7 Å². The van der Waals surface area contributed by atoms with Crippen molar-refractivity contribution in [3.63, 3.8) is 0 Å². The standard InChI is InChI=1S/C47H67NO8/c1-5-42(49)44(54-37-40-27-18-13-19-28-40)43(53-36-39-25-16-12-17-26-39)41(48(45(50)51)46(2,3)4)29-20-9-7-6-8-10-21-30-47(55-33-34-56-47)31-22-32-52-35-38-23-14-11-15-24-38/h5,11-19,23-28,41-44,49H,1,6-10,20-22,29-37H2,2-4H3,(H,50,51)/t41-,42+,43-,44-/m1/s1. The van der Waals surface area contributed by atoms with Gasteiger partial charge < -0.3 is 33.9 Å². The van der Waals surface area contributed by atoms with Crippen molar-refractivity contribution in [1.82, 2.24) is 4.90 Å². The summed E-state index contributed by atoms with van der Waals surface area (Å²) in [5.41, 5.74) is 2.35. The molecule has 1 aliphatic rings. The monoisotopic (exact) mass is 773 g/mol. The molecule has 56 heavy (non-hydrogen) atoms. The first kappa shape index (κ1) is 45.1. The number of hydrogen-bond acceptors (Lipinski definition) is 7. The number of amides is 1. The third-order valence-electron chi connectivity index (χ3n) is 10.4. The number of nitrogens with zero attached hydrogens (tertiary/aromatic N) is 1. The lowest BCUT2D eigenvalue weighted by molar-refractivity contribution is -0.170. The van der Waals surface area contributed by atoms with Crippen molar-refractivity contribution in [2.75, 3.05) is 19.8 Å². The molecule has 0 bridgehead atoms. The summed E-state index contributed by atoms with van der Waals surface area (Å²) >= 11 is 0. The SMILES string of the molecule is C=C[C@H](O)[C@@H](OCc1ccccc1)[C@H](OCc1ccccc1)[C@@H](CCCCCCCCCC1(CCCOCc2ccccc2)OCCO1)N(C(=O)O)C(C)(C)C. The van der Waals surface area contributed by atoms with Crippen LogP contribution in [0.15, 0.2) is 104 Å². The third kappa shape index (κ3) is 15.4. The largest absolute Gasteiger partial charge is 0.465 e. The normalized spacial score (nSPS) is 16.2. The maximum atomic E-state index is 13.0. The van der Waals surface area contributed by atoms with E-state index in [9.17, 15) is 15.0 Å². The summed E-state index contributed by atoms with van der Waals surface area (Å²) in [6, 6.07) is 29.2. The van der Waals surface area contributed by atoms with E-state index in [0.717, 1.165) is 75.3 Å². The first-order valence-electron chi connectivity index (χ1n) is 20.7. The maximum Gasteiger partial charge on any atom is 0.408 e. The smallest absolute Gasteiger partial charge is 0.408 e. The average Bonchev–Trinajstić information content (AvgIpc) is 3.66. The molecule has 308 valence electrons. The van der Waals surface area contributed by atoms with E-state index in [1.54, 1.807) is 0 Å². The second-order valence-corrected chi connectivity index (χ2v) is 15.9. The molecule has 9 heteroatoms. The van der Waals surface area contributed by atoms with Crippen LogP contribution in [-0.4, -0.2) is 76.7 Å². The molecule has 4 atom stereocenters. The maximum absolute atomic E-state index is 13.0. The quantitative estimate of drug-likeness (QED) is 0.0583. The number of rotatable bonds is 27. The first-order chi connectivity index (χ1) is 27.1. The molecule has 1 aliphatic heterocycles. The van der Waals surface area contributed by atoms with E-state index in [1.807, 2.05) is 99.6 Å². The summed E-state index contributed by atoms with van der Waals surface area (Å²) in [4.78, 5) is 14.5. The van der Waals surface area contributed by atoms with E-state index in [-0.39, 0.29) is 13.2 Å². The lowest BCUT2D eigenvalue weighted by Crippen LogP contribution is -2.60. The Morgan fingerprint density at radius 2 is 1.20 bits per heavy atom.